The zero-order valence-corrected chi connectivity index (χ0v) is 17.9. The summed E-state index contributed by atoms with van der Waals surface area (Å²) in [6.45, 7) is 5.57. The minimum Gasteiger partial charge on any atom is -0.394 e. The van der Waals surface area contributed by atoms with E-state index in [0.29, 0.717) is 31.9 Å². The Morgan fingerprint density at radius 3 is 2.61 bits per heavy atom. The van der Waals surface area contributed by atoms with Crippen LogP contribution in [0.2, 0.25) is 0 Å². The Balaban J connectivity index is 1.66. The summed E-state index contributed by atoms with van der Waals surface area (Å²) >= 11 is 0. The molecule has 1 fully saturated rings. The fourth-order valence-electron chi connectivity index (χ4n) is 3.48. The van der Waals surface area contributed by atoms with E-state index in [0.717, 1.165) is 29.4 Å². The first-order valence-corrected chi connectivity index (χ1v) is 10.6. The molecule has 0 radical (unpaired) electrons. The van der Waals surface area contributed by atoms with E-state index < -0.39 is 5.91 Å². The average Bonchev–Trinajstić information content (AvgIpc) is 2.74. The predicted octanol–water partition coefficient (Wildman–Crippen LogP) is 2.49. The molecular weight excluding hydrogens is 394 g/mol. The first-order chi connectivity index (χ1) is 15.2. The van der Waals surface area contributed by atoms with E-state index >= 15 is 0 Å². The zero-order valence-electron chi connectivity index (χ0n) is 17.9. The van der Waals surface area contributed by atoms with Crippen LogP contribution in [0.4, 0.5) is 5.69 Å². The lowest BCUT2D eigenvalue weighted by atomic mass is 9.97. The molecule has 1 aliphatic heterocycles. The van der Waals surface area contributed by atoms with Crippen LogP contribution in [0, 0.1) is 11.3 Å². The fourth-order valence-corrected chi connectivity index (χ4v) is 3.48. The molecule has 0 bridgehead atoms. The van der Waals surface area contributed by atoms with E-state index in [1.807, 2.05) is 12.1 Å². The molecule has 0 aromatic heterocycles. The number of amides is 1. The molecule has 7 heteroatoms. The fraction of sp³-hybridized carbons (Fsp3) is 0.417. The summed E-state index contributed by atoms with van der Waals surface area (Å²) in [5.74, 6) is -0.406. The molecule has 164 valence electrons. The molecule has 31 heavy (non-hydrogen) atoms. The zero-order chi connectivity index (χ0) is 22.1. The number of rotatable bonds is 11. The summed E-state index contributed by atoms with van der Waals surface area (Å²) in [6, 6.07) is 14.4. The van der Waals surface area contributed by atoms with Gasteiger partial charge in [0.2, 0.25) is 0 Å². The van der Waals surface area contributed by atoms with Crippen molar-refractivity contribution in [3.63, 3.8) is 0 Å². The number of nitriles is 1. The van der Waals surface area contributed by atoms with Crippen molar-refractivity contribution in [1.29, 1.82) is 5.26 Å². The summed E-state index contributed by atoms with van der Waals surface area (Å²) in [4.78, 5) is 14.9. The third-order valence-electron chi connectivity index (χ3n) is 5.34. The maximum Gasteiger partial charge on any atom is 0.262 e. The van der Waals surface area contributed by atoms with Crippen LogP contribution in [0.5, 0.6) is 0 Å². The van der Waals surface area contributed by atoms with Gasteiger partial charge in [0, 0.05) is 30.7 Å². The number of allylic oxidation sites excluding steroid dienone is 1. The first-order valence-electron chi connectivity index (χ1n) is 10.6. The van der Waals surface area contributed by atoms with Crippen molar-refractivity contribution < 1.29 is 19.4 Å². The Labute approximate surface area is 182 Å². The van der Waals surface area contributed by atoms with Gasteiger partial charge in [-0.2, -0.15) is 5.26 Å². The van der Waals surface area contributed by atoms with E-state index in [1.165, 1.54) is 12.1 Å². The van der Waals surface area contributed by atoms with Crippen molar-refractivity contribution in [3.8, 4) is 6.07 Å². The number of hydrogen-bond acceptors (Lipinski definition) is 6. The minimum absolute atomic E-state index is 0.0184. The largest absolute Gasteiger partial charge is 0.394 e. The second-order valence-electron chi connectivity index (χ2n) is 7.37. The Morgan fingerprint density at radius 2 is 1.94 bits per heavy atom. The number of benzene rings is 2. The molecule has 0 spiro atoms. The molecule has 0 atom stereocenters. The number of aliphatic hydroxyl groups excluding tert-OH is 1. The molecule has 1 saturated heterocycles. The third-order valence-corrected chi connectivity index (χ3v) is 5.34. The van der Waals surface area contributed by atoms with Gasteiger partial charge in [-0.15, -0.1) is 0 Å². The third kappa shape index (κ3) is 5.82. The van der Waals surface area contributed by atoms with Gasteiger partial charge in [-0.1, -0.05) is 24.3 Å². The Hall–Kier alpha value is -2.92. The average molecular weight is 424 g/mol. The molecule has 7 nitrogen and oxygen atoms in total. The maximum atomic E-state index is 12.5. The van der Waals surface area contributed by atoms with Gasteiger partial charge in [-0.05, 0) is 42.0 Å². The highest BCUT2D eigenvalue weighted by molar-refractivity contribution is 6.05. The molecule has 0 saturated carbocycles. The van der Waals surface area contributed by atoms with E-state index in [1.54, 1.807) is 6.92 Å². The molecule has 1 aliphatic rings. The van der Waals surface area contributed by atoms with Gasteiger partial charge in [-0.3, -0.25) is 4.79 Å². The number of carbonyl (C=O) groups excluding carboxylic acids is 1. The maximum absolute atomic E-state index is 12.5. The molecule has 2 aromatic carbocycles. The van der Waals surface area contributed by atoms with Crippen molar-refractivity contribution >= 4 is 27.9 Å². The lowest BCUT2D eigenvalue weighted by Gasteiger charge is -2.34. The Bertz CT molecular complexity index is 976. The highest BCUT2D eigenvalue weighted by Gasteiger charge is 2.18. The number of fused-ring (bicyclic) bond motifs is 1. The van der Waals surface area contributed by atoms with E-state index in [-0.39, 0.29) is 18.8 Å². The van der Waals surface area contributed by atoms with Gasteiger partial charge < -0.3 is 24.8 Å². The van der Waals surface area contributed by atoms with Crippen molar-refractivity contribution in [1.82, 2.24) is 5.32 Å². The lowest BCUT2D eigenvalue weighted by Crippen LogP contribution is -2.37. The quantitative estimate of drug-likeness (QED) is 0.328. The number of hydrogen-bond donors (Lipinski definition) is 2. The van der Waals surface area contributed by atoms with Gasteiger partial charge in [0.25, 0.3) is 5.91 Å². The standard InChI is InChI=1S/C24H29N3O4/c1-18(22(17-25)24(29)26-8-12-30-14-15-31-13-11-28)20-7-6-19-4-2-5-23(21(19)16-20)27-9-3-10-27/h2,4-7,16,28H,3,8-15H2,1H3,(H,26,29)/b22-18+. The number of nitrogens with one attached hydrogen (secondary N) is 1. The molecular formula is C24H29N3O4. The summed E-state index contributed by atoms with van der Waals surface area (Å²) < 4.78 is 10.5. The van der Waals surface area contributed by atoms with E-state index in [9.17, 15) is 10.1 Å². The number of nitrogens with zero attached hydrogens (tertiary/aromatic N) is 2. The van der Waals surface area contributed by atoms with Crippen molar-refractivity contribution in [2.45, 2.75) is 13.3 Å². The summed E-state index contributed by atoms with van der Waals surface area (Å²) in [5.41, 5.74) is 2.82. The van der Waals surface area contributed by atoms with Crippen LogP contribution in [0.15, 0.2) is 42.0 Å². The van der Waals surface area contributed by atoms with Gasteiger partial charge in [-0.25, -0.2) is 0 Å². The van der Waals surface area contributed by atoms with E-state index in [2.05, 4.69) is 40.6 Å². The second-order valence-corrected chi connectivity index (χ2v) is 7.37. The smallest absolute Gasteiger partial charge is 0.262 e. The van der Waals surface area contributed by atoms with Gasteiger partial charge in [0.1, 0.15) is 11.6 Å². The summed E-state index contributed by atoms with van der Waals surface area (Å²) in [7, 11) is 0. The van der Waals surface area contributed by atoms with Gasteiger partial charge >= 0.3 is 0 Å². The van der Waals surface area contributed by atoms with Crippen LogP contribution >= 0.6 is 0 Å². The number of carbonyl (C=O) groups is 1. The monoisotopic (exact) mass is 423 g/mol. The van der Waals surface area contributed by atoms with Crippen LogP contribution in [0.3, 0.4) is 0 Å². The lowest BCUT2D eigenvalue weighted by molar-refractivity contribution is -0.117. The van der Waals surface area contributed by atoms with Crippen molar-refractivity contribution in [2.75, 3.05) is 57.6 Å². The van der Waals surface area contributed by atoms with E-state index in [4.69, 9.17) is 14.6 Å². The van der Waals surface area contributed by atoms with Crippen molar-refractivity contribution in [3.05, 3.63) is 47.5 Å². The predicted molar refractivity (Wildman–Crippen MR) is 121 cm³/mol. The molecule has 1 amide bonds. The van der Waals surface area contributed by atoms with Gasteiger partial charge in [0.05, 0.1) is 33.0 Å². The van der Waals surface area contributed by atoms with Crippen LogP contribution in [-0.4, -0.2) is 63.7 Å². The number of anilines is 1. The Morgan fingerprint density at radius 1 is 1.16 bits per heavy atom. The van der Waals surface area contributed by atoms with Gasteiger partial charge in [0.15, 0.2) is 0 Å². The Kier molecular flexibility index (Phi) is 8.42. The molecule has 0 aliphatic carbocycles. The first kappa shape index (κ1) is 22.8. The van der Waals surface area contributed by atoms with Crippen LogP contribution in [-0.2, 0) is 14.3 Å². The van der Waals surface area contributed by atoms with Crippen LogP contribution < -0.4 is 10.2 Å². The summed E-state index contributed by atoms with van der Waals surface area (Å²) in [5, 5.41) is 23.3. The SMILES string of the molecule is C/C(=C(/C#N)C(=O)NCCOCCOCCO)c1ccc2cccc(N3CCC3)c2c1. The molecule has 0 unspecified atom stereocenters. The van der Waals surface area contributed by atoms with Crippen molar-refractivity contribution in [2.24, 2.45) is 0 Å². The molecule has 1 heterocycles. The molecule has 2 aromatic rings. The summed E-state index contributed by atoms with van der Waals surface area (Å²) in [6.07, 6.45) is 1.20. The highest BCUT2D eigenvalue weighted by atomic mass is 16.5. The topological polar surface area (TPSA) is 94.8 Å². The minimum atomic E-state index is -0.406. The number of ether oxygens (including phenoxy) is 2. The highest BCUT2D eigenvalue weighted by Crippen LogP contribution is 2.32. The van der Waals surface area contributed by atoms with Crippen LogP contribution in [0.1, 0.15) is 18.9 Å². The number of aliphatic hydroxyl groups is 1. The molecule has 3 rings (SSSR count). The normalized spacial score (nSPS) is 14.0. The molecule has 2 N–H and O–H groups in total. The second kappa shape index (κ2) is 11.5. The van der Waals surface area contributed by atoms with Crippen LogP contribution in [0.25, 0.3) is 16.3 Å².